The summed E-state index contributed by atoms with van der Waals surface area (Å²) in [6.07, 6.45) is 2.53. The van der Waals surface area contributed by atoms with E-state index in [2.05, 4.69) is 22.6 Å². The standard InChI is InChI=1S/C13H20N2O3S2/c1-3-4-12-15-10(8-20-12)7-19-6-5-11(13(17)18)14-9(2)16/h8,11H,3-7H2,1-2H3,(H,14,16)(H,17,18). The molecule has 1 unspecified atom stereocenters. The number of thioether (sulfide) groups is 1. The Bertz CT molecular complexity index is 449. The molecule has 0 aliphatic heterocycles. The van der Waals surface area contributed by atoms with Crippen molar-refractivity contribution in [3.05, 3.63) is 16.1 Å². The van der Waals surface area contributed by atoms with Crippen molar-refractivity contribution in [3.63, 3.8) is 0 Å². The van der Waals surface area contributed by atoms with Crippen molar-refractivity contribution >= 4 is 35.0 Å². The van der Waals surface area contributed by atoms with Crippen molar-refractivity contribution in [1.82, 2.24) is 10.3 Å². The number of aromatic nitrogens is 1. The second-order valence-electron chi connectivity index (χ2n) is 4.42. The van der Waals surface area contributed by atoms with Gasteiger partial charge in [0.1, 0.15) is 6.04 Å². The lowest BCUT2D eigenvalue weighted by Crippen LogP contribution is -2.39. The SMILES string of the molecule is CCCc1nc(CSCCC(NC(C)=O)C(=O)O)cs1. The van der Waals surface area contributed by atoms with E-state index < -0.39 is 12.0 Å². The Kier molecular flexibility index (Phi) is 7.61. The Morgan fingerprint density at radius 1 is 1.55 bits per heavy atom. The zero-order valence-corrected chi connectivity index (χ0v) is 13.4. The lowest BCUT2D eigenvalue weighted by molar-refractivity contribution is -0.141. The fourth-order valence-electron chi connectivity index (χ4n) is 1.62. The maximum Gasteiger partial charge on any atom is 0.326 e. The van der Waals surface area contributed by atoms with Crippen molar-refractivity contribution in [2.24, 2.45) is 0 Å². The smallest absolute Gasteiger partial charge is 0.326 e. The molecule has 1 atom stereocenters. The average molecular weight is 316 g/mol. The van der Waals surface area contributed by atoms with Gasteiger partial charge in [0.05, 0.1) is 10.7 Å². The molecule has 112 valence electrons. The van der Waals surface area contributed by atoms with Gasteiger partial charge in [-0.2, -0.15) is 11.8 Å². The van der Waals surface area contributed by atoms with Crippen LogP contribution in [-0.4, -0.2) is 33.8 Å². The van der Waals surface area contributed by atoms with E-state index in [1.54, 1.807) is 23.1 Å². The highest BCUT2D eigenvalue weighted by Gasteiger charge is 2.17. The van der Waals surface area contributed by atoms with Gasteiger partial charge in [0.2, 0.25) is 5.91 Å². The predicted molar refractivity (Wildman–Crippen MR) is 82.1 cm³/mol. The molecular formula is C13H20N2O3S2. The quantitative estimate of drug-likeness (QED) is 0.683. The largest absolute Gasteiger partial charge is 0.480 e. The van der Waals surface area contributed by atoms with Gasteiger partial charge in [-0.05, 0) is 25.0 Å². The summed E-state index contributed by atoms with van der Waals surface area (Å²) in [6, 6.07) is -0.800. The van der Waals surface area contributed by atoms with Crippen molar-refractivity contribution in [2.75, 3.05) is 5.75 Å². The second kappa shape index (κ2) is 8.97. The minimum Gasteiger partial charge on any atom is -0.480 e. The number of hydrogen-bond acceptors (Lipinski definition) is 5. The molecule has 5 nitrogen and oxygen atoms in total. The molecule has 0 saturated carbocycles. The normalized spacial score (nSPS) is 12.1. The van der Waals surface area contributed by atoms with Crippen LogP contribution in [0.5, 0.6) is 0 Å². The Morgan fingerprint density at radius 2 is 2.30 bits per heavy atom. The van der Waals surface area contributed by atoms with Crippen LogP contribution >= 0.6 is 23.1 Å². The molecule has 1 aromatic heterocycles. The second-order valence-corrected chi connectivity index (χ2v) is 6.46. The van der Waals surface area contributed by atoms with E-state index in [0.717, 1.165) is 29.3 Å². The third-order valence-electron chi connectivity index (χ3n) is 2.54. The lowest BCUT2D eigenvalue weighted by Gasteiger charge is -2.12. The van der Waals surface area contributed by atoms with Gasteiger partial charge in [-0.15, -0.1) is 11.3 Å². The molecule has 0 radical (unpaired) electrons. The summed E-state index contributed by atoms with van der Waals surface area (Å²) in [7, 11) is 0. The Balaban J connectivity index is 2.28. The van der Waals surface area contributed by atoms with Gasteiger partial charge in [0, 0.05) is 18.1 Å². The van der Waals surface area contributed by atoms with E-state index in [1.165, 1.54) is 6.92 Å². The van der Waals surface area contributed by atoms with E-state index in [0.29, 0.717) is 12.2 Å². The molecule has 2 N–H and O–H groups in total. The van der Waals surface area contributed by atoms with Crippen LogP contribution in [0, 0.1) is 0 Å². The first kappa shape index (κ1) is 17.0. The van der Waals surface area contributed by atoms with E-state index in [1.807, 2.05) is 0 Å². The molecule has 1 amide bonds. The predicted octanol–water partition coefficient (Wildman–Crippen LogP) is 2.31. The summed E-state index contributed by atoms with van der Waals surface area (Å²) in [5, 5.41) is 14.6. The van der Waals surface area contributed by atoms with Crippen molar-refractivity contribution in [3.8, 4) is 0 Å². The van der Waals surface area contributed by atoms with Gasteiger partial charge in [-0.1, -0.05) is 6.92 Å². The number of aliphatic carboxylic acids is 1. The van der Waals surface area contributed by atoms with E-state index in [4.69, 9.17) is 5.11 Å². The summed E-state index contributed by atoms with van der Waals surface area (Å²) < 4.78 is 0. The monoisotopic (exact) mass is 316 g/mol. The van der Waals surface area contributed by atoms with Crippen LogP contribution in [0.15, 0.2) is 5.38 Å². The summed E-state index contributed by atoms with van der Waals surface area (Å²) >= 11 is 3.32. The van der Waals surface area contributed by atoms with Gasteiger partial charge in [-0.25, -0.2) is 9.78 Å². The maximum absolute atomic E-state index is 10.9. The van der Waals surface area contributed by atoms with Crippen molar-refractivity contribution < 1.29 is 14.7 Å². The number of thiazole rings is 1. The highest BCUT2D eigenvalue weighted by Crippen LogP contribution is 2.18. The zero-order chi connectivity index (χ0) is 15.0. The number of carbonyl (C=O) groups excluding carboxylic acids is 1. The van der Waals surface area contributed by atoms with Gasteiger partial charge in [0.25, 0.3) is 0 Å². The molecule has 0 fully saturated rings. The molecule has 0 saturated heterocycles. The minimum atomic E-state index is -0.986. The average Bonchev–Trinajstić information content (AvgIpc) is 2.80. The molecule has 1 aromatic rings. The first-order valence-electron chi connectivity index (χ1n) is 6.53. The highest BCUT2D eigenvalue weighted by atomic mass is 32.2. The van der Waals surface area contributed by atoms with Gasteiger partial charge in [0.15, 0.2) is 0 Å². The number of amides is 1. The van der Waals surface area contributed by atoms with Gasteiger partial charge < -0.3 is 10.4 Å². The van der Waals surface area contributed by atoms with Gasteiger partial charge >= 0.3 is 5.97 Å². The summed E-state index contributed by atoms with van der Waals surface area (Å²) in [5.41, 5.74) is 1.05. The van der Waals surface area contributed by atoms with E-state index in [-0.39, 0.29) is 5.91 Å². The lowest BCUT2D eigenvalue weighted by atomic mass is 10.2. The molecule has 0 spiro atoms. The van der Waals surface area contributed by atoms with Crippen LogP contribution in [0.2, 0.25) is 0 Å². The van der Waals surface area contributed by atoms with Crippen LogP contribution in [0.3, 0.4) is 0 Å². The van der Waals surface area contributed by atoms with Crippen molar-refractivity contribution in [1.29, 1.82) is 0 Å². The Morgan fingerprint density at radius 3 is 2.90 bits per heavy atom. The fraction of sp³-hybridized carbons (Fsp3) is 0.615. The van der Waals surface area contributed by atoms with Crippen LogP contribution < -0.4 is 5.32 Å². The zero-order valence-electron chi connectivity index (χ0n) is 11.7. The minimum absolute atomic E-state index is 0.314. The fourth-order valence-corrected chi connectivity index (χ4v) is 3.53. The topological polar surface area (TPSA) is 79.3 Å². The van der Waals surface area contributed by atoms with Crippen molar-refractivity contribution in [2.45, 2.75) is 44.9 Å². The molecule has 0 bridgehead atoms. The molecule has 0 aliphatic rings. The number of rotatable bonds is 9. The highest BCUT2D eigenvalue weighted by molar-refractivity contribution is 7.98. The van der Waals surface area contributed by atoms with E-state index >= 15 is 0 Å². The van der Waals surface area contributed by atoms with Crippen LogP contribution in [0.25, 0.3) is 0 Å². The molecule has 1 rings (SSSR count). The molecular weight excluding hydrogens is 296 g/mol. The summed E-state index contributed by atoms with van der Waals surface area (Å²) in [6.45, 7) is 3.46. The summed E-state index contributed by atoms with van der Waals surface area (Å²) in [5.74, 6) is 0.163. The third-order valence-corrected chi connectivity index (χ3v) is 4.52. The number of aryl methyl sites for hydroxylation is 1. The number of carbonyl (C=O) groups is 2. The van der Waals surface area contributed by atoms with Crippen LogP contribution in [0.4, 0.5) is 0 Å². The van der Waals surface area contributed by atoms with Crippen LogP contribution in [0.1, 0.15) is 37.4 Å². The van der Waals surface area contributed by atoms with Gasteiger partial charge in [-0.3, -0.25) is 4.79 Å². The molecule has 0 aromatic carbocycles. The maximum atomic E-state index is 10.9. The Hall–Kier alpha value is -1.08. The van der Waals surface area contributed by atoms with E-state index in [9.17, 15) is 9.59 Å². The number of carboxylic acid groups (broad SMARTS) is 1. The molecule has 20 heavy (non-hydrogen) atoms. The summed E-state index contributed by atoms with van der Waals surface area (Å²) in [4.78, 5) is 26.3. The molecule has 1 heterocycles. The Labute approximate surface area is 127 Å². The third kappa shape index (κ3) is 6.38. The first-order valence-corrected chi connectivity index (χ1v) is 8.57. The van der Waals surface area contributed by atoms with Crippen LogP contribution in [-0.2, 0) is 21.8 Å². The molecule has 7 heteroatoms. The number of nitrogens with one attached hydrogen (secondary N) is 1. The first-order chi connectivity index (χ1) is 9.52. The number of hydrogen-bond donors (Lipinski definition) is 2. The number of carboxylic acids is 1. The number of nitrogens with zero attached hydrogens (tertiary/aromatic N) is 1. The molecule has 0 aliphatic carbocycles.